The van der Waals surface area contributed by atoms with Crippen LogP contribution in [-0.2, 0) is 14.6 Å². The molecule has 0 heterocycles. The fraction of sp³-hybridized carbons (Fsp3) is 0.263. The van der Waals surface area contributed by atoms with Gasteiger partial charge in [-0.15, -0.1) is 0 Å². The second kappa shape index (κ2) is 7.86. The number of aryl methyl sites for hydroxylation is 1. The number of hydrogen-bond acceptors (Lipinski definition) is 4. The Hall–Kier alpha value is -2.76. The number of sulfone groups is 1. The first-order valence-electron chi connectivity index (χ1n) is 8.11. The summed E-state index contributed by atoms with van der Waals surface area (Å²) in [6.07, 6.45) is -0.140. The van der Waals surface area contributed by atoms with E-state index in [2.05, 4.69) is 10.2 Å². The number of benzene rings is 2. The number of rotatable bonds is 6. The van der Waals surface area contributed by atoms with Crippen LogP contribution in [0.3, 0.4) is 0 Å². The average molecular weight is 390 g/mol. The smallest absolute Gasteiger partial charge is 0.257 e. The van der Waals surface area contributed by atoms with Crippen LogP contribution in [0.15, 0.2) is 47.4 Å². The van der Waals surface area contributed by atoms with Crippen LogP contribution in [-0.4, -0.2) is 30.8 Å². The van der Waals surface area contributed by atoms with Gasteiger partial charge in [0.25, 0.3) is 5.91 Å². The third kappa shape index (κ3) is 4.70. The number of carbonyl (C=O) groups is 1. The Labute approximate surface area is 157 Å². The lowest BCUT2D eigenvalue weighted by atomic mass is 10.0. The highest BCUT2D eigenvalue weighted by atomic mass is 32.2. The largest absolute Gasteiger partial charge is 0.379 e. The summed E-state index contributed by atoms with van der Waals surface area (Å²) >= 11 is 0. The third-order valence-corrected chi connectivity index (χ3v) is 6.03. The summed E-state index contributed by atoms with van der Waals surface area (Å²) < 4.78 is 38.0. The standard InChI is InChI=1S/C19H19FN2O4S/c1-4-19(24,12-27(25,26)16-8-5-14(20)6-9-16)18(23)22-15-7-10-17(21-3)13(2)11-15/h5-11,24H,4,12H2,1-2H3,(H,22,23)/t19-/m0/s1. The van der Waals surface area contributed by atoms with Gasteiger partial charge in [0.05, 0.1) is 17.2 Å². The predicted molar refractivity (Wildman–Crippen MR) is 99.8 cm³/mol. The van der Waals surface area contributed by atoms with Gasteiger partial charge in [-0.3, -0.25) is 4.79 Å². The molecule has 0 unspecified atom stereocenters. The topological polar surface area (TPSA) is 87.8 Å². The fourth-order valence-electron chi connectivity index (χ4n) is 2.47. The molecule has 1 amide bonds. The molecule has 0 aromatic heterocycles. The predicted octanol–water partition coefficient (Wildman–Crippen LogP) is 3.24. The van der Waals surface area contributed by atoms with Crippen LogP contribution in [0.4, 0.5) is 15.8 Å². The zero-order valence-corrected chi connectivity index (χ0v) is 15.7. The molecular formula is C19H19FN2O4S. The lowest BCUT2D eigenvalue weighted by Gasteiger charge is -2.25. The molecule has 0 aliphatic heterocycles. The highest BCUT2D eigenvalue weighted by Crippen LogP contribution is 2.25. The molecule has 0 saturated carbocycles. The first-order chi connectivity index (χ1) is 12.6. The monoisotopic (exact) mass is 390 g/mol. The number of carbonyl (C=O) groups excluding carboxylic acids is 1. The molecule has 0 bridgehead atoms. The van der Waals surface area contributed by atoms with E-state index < -0.39 is 32.9 Å². The van der Waals surface area contributed by atoms with Crippen LogP contribution < -0.4 is 5.32 Å². The molecule has 0 spiro atoms. The van der Waals surface area contributed by atoms with Gasteiger partial charge >= 0.3 is 0 Å². The van der Waals surface area contributed by atoms with Crippen molar-refractivity contribution in [2.75, 3.05) is 11.1 Å². The first-order valence-corrected chi connectivity index (χ1v) is 9.77. The van der Waals surface area contributed by atoms with Gasteiger partial charge in [-0.05, 0) is 55.3 Å². The Morgan fingerprint density at radius 3 is 2.41 bits per heavy atom. The van der Waals surface area contributed by atoms with Crippen LogP contribution in [0.1, 0.15) is 18.9 Å². The van der Waals surface area contributed by atoms with Crippen molar-refractivity contribution in [1.29, 1.82) is 0 Å². The van der Waals surface area contributed by atoms with Crippen molar-refractivity contribution in [3.05, 3.63) is 65.3 Å². The highest BCUT2D eigenvalue weighted by Gasteiger charge is 2.39. The molecule has 0 aliphatic carbocycles. The SMILES string of the molecule is [C-]#[N+]c1ccc(NC(=O)[C@](O)(CC)CS(=O)(=O)c2ccc(F)cc2)cc1C. The zero-order chi connectivity index (χ0) is 20.2. The maximum absolute atomic E-state index is 13.0. The van der Waals surface area contributed by atoms with Gasteiger partial charge in [-0.25, -0.2) is 17.7 Å². The van der Waals surface area contributed by atoms with E-state index in [1.54, 1.807) is 13.0 Å². The summed E-state index contributed by atoms with van der Waals surface area (Å²) in [5, 5.41) is 13.2. The maximum atomic E-state index is 13.0. The van der Waals surface area contributed by atoms with Crippen molar-refractivity contribution in [1.82, 2.24) is 0 Å². The molecule has 6 nitrogen and oxygen atoms in total. The van der Waals surface area contributed by atoms with Gasteiger partial charge in [0.2, 0.25) is 0 Å². The third-order valence-electron chi connectivity index (χ3n) is 4.18. The fourth-order valence-corrected chi connectivity index (χ4v) is 4.16. The Kier molecular flexibility index (Phi) is 5.98. The van der Waals surface area contributed by atoms with E-state index in [0.717, 1.165) is 24.3 Å². The van der Waals surface area contributed by atoms with Gasteiger partial charge in [0.1, 0.15) is 5.82 Å². The Balaban J connectivity index is 2.24. The van der Waals surface area contributed by atoms with E-state index in [4.69, 9.17) is 6.57 Å². The van der Waals surface area contributed by atoms with E-state index in [-0.39, 0.29) is 11.3 Å². The average Bonchev–Trinajstić information content (AvgIpc) is 2.61. The van der Waals surface area contributed by atoms with Crippen LogP contribution in [0.25, 0.3) is 4.85 Å². The lowest BCUT2D eigenvalue weighted by molar-refractivity contribution is -0.132. The van der Waals surface area contributed by atoms with Crippen molar-refractivity contribution in [2.45, 2.75) is 30.8 Å². The molecule has 2 aromatic carbocycles. The summed E-state index contributed by atoms with van der Waals surface area (Å²) in [5.74, 6) is -2.30. The second-order valence-corrected chi connectivity index (χ2v) is 8.15. The molecule has 0 fully saturated rings. The molecule has 8 heteroatoms. The van der Waals surface area contributed by atoms with Crippen molar-refractivity contribution in [3.63, 3.8) is 0 Å². The number of anilines is 1. The Morgan fingerprint density at radius 2 is 1.89 bits per heavy atom. The molecule has 2 rings (SSSR count). The normalized spacial score (nSPS) is 13.4. The summed E-state index contributed by atoms with van der Waals surface area (Å²) in [6.45, 7) is 10.2. The van der Waals surface area contributed by atoms with Gasteiger partial charge < -0.3 is 10.4 Å². The quantitative estimate of drug-likeness (QED) is 0.586. The first kappa shape index (κ1) is 20.6. The number of nitrogens with one attached hydrogen (secondary N) is 1. The molecule has 0 aliphatic rings. The van der Waals surface area contributed by atoms with Crippen LogP contribution in [0.2, 0.25) is 0 Å². The van der Waals surface area contributed by atoms with Crippen LogP contribution in [0.5, 0.6) is 0 Å². The number of amides is 1. The highest BCUT2D eigenvalue weighted by molar-refractivity contribution is 7.91. The maximum Gasteiger partial charge on any atom is 0.257 e. The minimum atomic E-state index is -4.02. The van der Waals surface area contributed by atoms with Crippen molar-refractivity contribution < 1.29 is 22.7 Å². The Bertz CT molecular complexity index is 997. The molecular weight excluding hydrogens is 371 g/mol. The number of hydrogen-bond donors (Lipinski definition) is 2. The summed E-state index contributed by atoms with van der Waals surface area (Å²) in [7, 11) is -4.02. The number of aliphatic hydroxyl groups is 1. The summed E-state index contributed by atoms with van der Waals surface area (Å²) in [4.78, 5) is 15.7. The molecule has 142 valence electrons. The van der Waals surface area contributed by atoms with E-state index in [1.165, 1.54) is 19.1 Å². The zero-order valence-electron chi connectivity index (χ0n) is 14.9. The van der Waals surface area contributed by atoms with Crippen molar-refractivity contribution >= 4 is 27.1 Å². The van der Waals surface area contributed by atoms with Gasteiger partial charge in [-0.1, -0.05) is 13.0 Å². The van der Waals surface area contributed by atoms with Crippen molar-refractivity contribution in [3.8, 4) is 0 Å². The lowest BCUT2D eigenvalue weighted by Crippen LogP contribution is -2.48. The Morgan fingerprint density at radius 1 is 1.26 bits per heavy atom. The molecule has 0 saturated heterocycles. The minimum Gasteiger partial charge on any atom is -0.379 e. The van der Waals surface area contributed by atoms with E-state index in [9.17, 15) is 22.7 Å². The van der Waals surface area contributed by atoms with Gasteiger partial charge in [0, 0.05) is 5.69 Å². The molecule has 2 aromatic rings. The summed E-state index contributed by atoms with van der Waals surface area (Å²) in [6, 6.07) is 8.77. The van der Waals surface area contributed by atoms with E-state index >= 15 is 0 Å². The molecule has 1 atom stereocenters. The number of halogens is 1. The molecule has 2 N–H and O–H groups in total. The van der Waals surface area contributed by atoms with Gasteiger partial charge in [0.15, 0.2) is 21.1 Å². The van der Waals surface area contributed by atoms with Gasteiger partial charge in [-0.2, -0.15) is 0 Å². The second-order valence-electron chi connectivity index (χ2n) is 6.17. The van der Waals surface area contributed by atoms with E-state index in [0.29, 0.717) is 16.9 Å². The van der Waals surface area contributed by atoms with Crippen molar-refractivity contribution in [2.24, 2.45) is 0 Å². The van der Waals surface area contributed by atoms with Crippen LogP contribution in [0, 0.1) is 19.3 Å². The summed E-state index contributed by atoms with van der Waals surface area (Å²) in [5.41, 5.74) is -0.755. The molecule has 27 heavy (non-hydrogen) atoms. The van der Waals surface area contributed by atoms with E-state index in [1.807, 2.05) is 0 Å². The number of nitrogens with zero attached hydrogens (tertiary/aromatic N) is 1. The van der Waals surface area contributed by atoms with Crippen LogP contribution >= 0.6 is 0 Å². The molecule has 0 radical (unpaired) electrons. The minimum absolute atomic E-state index is 0.140.